The van der Waals surface area contributed by atoms with E-state index in [-0.39, 0.29) is 17.9 Å². The Bertz CT molecular complexity index is 1070. The molecule has 2 atom stereocenters. The molecule has 0 aliphatic carbocycles. The first kappa shape index (κ1) is 25.0. The van der Waals surface area contributed by atoms with Gasteiger partial charge in [-0.2, -0.15) is 18.2 Å². The van der Waals surface area contributed by atoms with Gasteiger partial charge in [0.2, 0.25) is 0 Å². The van der Waals surface area contributed by atoms with Gasteiger partial charge in [-0.3, -0.25) is 0 Å². The molecule has 2 amide bonds. The van der Waals surface area contributed by atoms with E-state index in [4.69, 9.17) is 9.26 Å². The lowest BCUT2D eigenvalue weighted by molar-refractivity contribution is -0.137. The zero-order chi connectivity index (χ0) is 25.0. The molecule has 2 aromatic rings. The normalized spacial score (nSPS) is 22.1. The van der Waals surface area contributed by atoms with Gasteiger partial charge in [0.05, 0.1) is 18.8 Å². The number of rotatable bonds is 4. The van der Waals surface area contributed by atoms with E-state index in [1.807, 2.05) is 32.1 Å². The Morgan fingerprint density at radius 3 is 2.37 bits per heavy atom. The predicted molar refractivity (Wildman–Crippen MR) is 124 cm³/mol. The van der Waals surface area contributed by atoms with E-state index < -0.39 is 11.7 Å². The lowest BCUT2D eigenvalue weighted by Crippen LogP contribution is -2.52. The number of benzene rings is 1. The third-order valence-electron chi connectivity index (χ3n) is 6.42. The maximum atomic E-state index is 13.3. The number of amides is 2. The molecule has 7 nitrogen and oxygen atoms in total. The van der Waals surface area contributed by atoms with Gasteiger partial charge in [-0.1, -0.05) is 35.5 Å². The number of allylic oxidation sites excluding steroid dienone is 4. The minimum Gasteiger partial charge on any atom is -0.378 e. The molecule has 2 unspecified atom stereocenters. The molecule has 2 fully saturated rings. The second-order valence-corrected chi connectivity index (χ2v) is 8.74. The van der Waals surface area contributed by atoms with Crippen LogP contribution in [0.15, 0.2) is 47.0 Å². The Morgan fingerprint density at radius 2 is 1.74 bits per heavy atom. The van der Waals surface area contributed by atoms with Crippen LogP contribution in [0, 0.1) is 0 Å². The number of likely N-dealkylation sites (tertiary alicyclic amines) is 1. The molecule has 0 saturated carbocycles. The van der Waals surface area contributed by atoms with Gasteiger partial charge in [-0.15, -0.1) is 0 Å². The zero-order valence-corrected chi connectivity index (χ0v) is 19.8. The van der Waals surface area contributed by atoms with Gasteiger partial charge in [-0.25, -0.2) is 4.79 Å². The number of nitrogens with zero attached hydrogens (tertiary/aromatic N) is 4. The fourth-order valence-electron chi connectivity index (χ4n) is 4.57. The van der Waals surface area contributed by atoms with Crippen molar-refractivity contribution in [3.8, 4) is 0 Å². The minimum atomic E-state index is -4.40. The number of hydrogen-bond acceptors (Lipinski definition) is 5. The number of halogens is 3. The third-order valence-corrected chi connectivity index (χ3v) is 6.42. The molecule has 10 heteroatoms. The van der Waals surface area contributed by atoms with Crippen molar-refractivity contribution in [2.45, 2.75) is 38.3 Å². The number of carbonyl (C=O) groups excluding carboxylic acids is 1. The first-order valence-corrected chi connectivity index (χ1v) is 11.7. The summed E-state index contributed by atoms with van der Waals surface area (Å²) in [5, 5.41) is 4.19. The predicted octanol–water partition coefficient (Wildman–Crippen LogP) is 5.09. The first-order chi connectivity index (χ1) is 16.8. The Kier molecular flexibility index (Phi) is 7.59. The molecule has 0 N–H and O–H groups in total. The second kappa shape index (κ2) is 10.6. The number of ether oxygens (including phenoxy) is 1. The van der Waals surface area contributed by atoms with Crippen molar-refractivity contribution in [3.63, 3.8) is 0 Å². The molecule has 4 rings (SSSR count). The van der Waals surface area contributed by atoms with Crippen molar-refractivity contribution in [2.24, 2.45) is 0 Å². The number of carbonyl (C=O) groups is 1. The summed E-state index contributed by atoms with van der Waals surface area (Å²) in [6.45, 7) is 6.56. The molecular weight excluding hydrogens is 461 g/mol. The monoisotopic (exact) mass is 490 g/mol. The van der Waals surface area contributed by atoms with E-state index in [1.54, 1.807) is 9.80 Å². The van der Waals surface area contributed by atoms with Crippen molar-refractivity contribution in [1.29, 1.82) is 0 Å². The Hall–Kier alpha value is -3.14. The Morgan fingerprint density at radius 1 is 1.06 bits per heavy atom. The maximum absolute atomic E-state index is 13.3. The molecular formula is C25H29F3N4O3. The van der Waals surface area contributed by atoms with Crippen molar-refractivity contribution >= 4 is 11.6 Å². The molecule has 1 aromatic carbocycles. The summed E-state index contributed by atoms with van der Waals surface area (Å²) in [5.74, 6) is 0.491. The average Bonchev–Trinajstić information content (AvgIpc) is 3.37. The maximum Gasteiger partial charge on any atom is 0.416 e. The number of aromatic nitrogens is 2. The van der Waals surface area contributed by atoms with Gasteiger partial charge in [0.1, 0.15) is 0 Å². The van der Waals surface area contributed by atoms with E-state index in [0.29, 0.717) is 57.5 Å². The highest BCUT2D eigenvalue weighted by molar-refractivity contribution is 5.75. The van der Waals surface area contributed by atoms with Crippen molar-refractivity contribution in [1.82, 2.24) is 19.9 Å². The Balaban J connectivity index is 1.61. The standard InChI is InChI=1S/C25H29F3N4O3/c1-3-5-17(4-2)23-29-22(30-35-23)20-14-19(18-6-8-21(9-7-18)25(26,27)28)15-32(16-20)24(33)31-10-12-34-13-11-31/h3-9,19-20H,10-16H2,1-2H3/b5-3-,17-4+. The van der Waals surface area contributed by atoms with Crippen LogP contribution in [0.3, 0.4) is 0 Å². The molecule has 0 bridgehead atoms. The highest BCUT2D eigenvalue weighted by atomic mass is 19.4. The summed E-state index contributed by atoms with van der Waals surface area (Å²) in [5.41, 5.74) is 0.845. The highest BCUT2D eigenvalue weighted by Crippen LogP contribution is 2.37. The smallest absolute Gasteiger partial charge is 0.378 e. The lowest BCUT2D eigenvalue weighted by atomic mass is 9.84. The van der Waals surface area contributed by atoms with E-state index in [0.717, 1.165) is 23.3 Å². The summed E-state index contributed by atoms with van der Waals surface area (Å²) in [6, 6.07) is 5.07. The topological polar surface area (TPSA) is 71.7 Å². The number of urea groups is 1. The van der Waals surface area contributed by atoms with Gasteiger partial charge in [0, 0.05) is 43.6 Å². The van der Waals surface area contributed by atoms with Crippen LogP contribution in [0.5, 0.6) is 0 Å². The van der Waals surface area contributed by atoms with Crippen LogP contribution in [0.4, 0.5) is 18.0 Å². The molecule has 35 heavy (non-hydrogen) atoms. The second-order valence-electron chi connectivity index (χ2n) is 8.74. The molecule has 0 spiro atoms. The quantitative estimate of drug-likeness (QED) is 0.558. The number of piperidine rings is 1. The molecule has 0 radical (unpaired) electrons. The molecule has 1 aromatic heterocycles. The highest BCUT2D eigenvalue weighted by Gasteiger charge is 2.37. The minimum absolute atomic E-state index is 0.110. The largest absolute Gasteiger partial charge is 0.416 e. The van der Waals surface area contributed by atoms with Crippen molar-refractivity contribution < 1.29 is 27.2 Å². The van der Waals surface area contributed by atoms with Gasteiger partial charge in [0.25, 0.3) is 5.89 Å². The third kappa shape index (κ3) is 5.75. The number of alkyl halides is 3. The van der Waals surface area contributed by atoms with Crippen molar-refractivity contribution in [3.05, 3.63) is 65.3 Å². The van der Waals surface area contributed by atoms with E-state index >= 15 is 0 Å². The fourth-order valence-corrected chi connectivity index (χ4v) is 4.57. The van der Waals surface area contributed by atoms with Gasteiger partial charge in [-0.05, 0) is 38.0 Å². The zero-order valence-electron chi connectivity index (χ0n) is 19.8. The molecule has 188 valence electrons. The molecule has 3 heterocycles. The molecule has 2 saturated heterocycles. The molecule has 2 aliphatic rings. The summed E-state index contributed by atoms with van der Waals surface area (Å²) >= 11 is 0. The summed E-state index contributed by atoms with van der Waals surface area (Å²) in [6.07, 6.45) is 1.81. The SMILES string of the molecule is C/C=C\C(=C/C)c1nc(C2CC(c3ccc(C(F)(F)F)cc3)CN(C(=O)N3CCOCC3)C2)no1. The van der Waals surface area contributed by atoms with Gasteiger partial charge < -0.3 is 19.1 Å². The Labute approximate surface area is 202 Å². The van der Waals surface area contributed by atoms with E-state index in [2.05, 4.69) is 10.1 Å². The number of morpholine rings is 1. The first-order valence-electron chi connectivity index (χ1n) is 11.7. The van der Waals surface area contributed by atoms with E-state index in [1.165, 1.54) is 12.1 Å². The van der Waals surface area contributed by atoms with Crippen LogP contribution >= 0.6 is 0 Å². The fraction of sp³-hybridized carbons (Fsp3) is 0.480. The van der Waals surface area contributed by atoms with Crippen LogP contribution in [-0.4, -0.2) is 65.4 Å². The molecule has 2 aliphatic heterocycles. The van der Waals surface area contributed by atoms with Crippen LogP contribution in [0.1, 0.15) is 54.9 Å². The van der Waals surface area contributed by atoms with Crippen LogP contribution in [0.25, 0.3) is 5.57 Å². The number of hydrogen-bond donors (Lipinski definition) is 0. The van der Waals surface area contributed by atoms with Crippen LogP contribution < -0.4 is 0 Å². The summed E-state index contributed by atoms with van der Waals surface area (Å²) in [7, 11) is 0. The average molecular weight is 491 g/mol. The van der Waals surface area contributed by atoms with E-state index in [9.17, 15) is 18.0 Å². The van der Waals surface area contributed by atoms with Crippen molar-refractivity contribution in [2.75, 3.05) is 39.4 Å². The summed E-state index contributed by atoms with van der Waals surface area (Å²) in [4.78, 5) is 21.4. The van der Waals surface area contributed by atoms with Gasteiger partial charge >= 0.3 is 12.2 Å². The summed E-state index contributed by atoms with van der Waals surface area (Å²) < 4.78 is 50.1. The van der Waals surface area contributed by atoms with Crippen LogP contribution in [-0.2, 0) is 10.9 Å². The van der Waals surface area contributed by atoms with Gasteiger partial charge in [0.15, 0.2) is 5.82 Å². The lowest BCUT2D eigenvalue weighted by Gasteiger charge is -2.40. The van der Waals surface area contributed by atoms with Crippen LogP contribution in [0.2, 0.25) is 0 Å².